The van der Waals surface area contributed by atoms with Gasteiger partial charge in [-0.3, -0.25) is 0 Å². The van der Waals surface area contributed by atoms with Crippen molar-refractivity contribution in [2.75, 3.05) is 0 Å². The van der Waals surface area contributed by atoms with Crippen molar-refractivity contribution in [3.05, 3.63) is 23.8 Å². The third-order valence-electron chi connectivity index (χ3n) is 2.40. The molecular weight excluding hydrogens is 140 g/mol. The van der Waals surface area contributed by atoms with Crippen molar-refractivity contribution in [1.29, 1.82) is 0 Å². The summed E-state index contributed by atoms with van der Waals surface area (Å²) in [5.74, 6) is 1.89. The molecule has 0 aromatic heterocycles. The molecule has 1 heterocycles. The van der Waals surface area contributed by atoms with Crippen LogP contribution in [0.25, 0.3) is 0 Å². The van der Waals surface area contributed by atoms with Crippen LogP contribution in [0.3, 0.4) is 0 Å². The van der Waals surface area contributed by atoms with Gasteiger partial charge in [0.25, 0.3) is 0 Å². The number of fused-ring (bicyclic) bond motifs is 3. The largest absolute Gasteiger partial charge is 0.508 e. The molecule has 0 spiro atoms. The van der Waals surface area contributed by atoms with Crippen LogP contribution in [0.4, 0.5) is 0 Å². The van der Waals surface area contributed by atoms with Crippen molar-refractivity contribution in [3.8, 4) is 11.5 Å². The maximum atomic E-state index is 9.18. The molecule has 0 unspecified atom stereocenters. The van der Waals surface area contributed by atoms with Crippen LogP contribution in [0.2, 0.25) is 0 Å². The minimum atomic E-state index is 0.347. The highest BCUT2D eigenvalue weighted by molar-refractivity contribution is 5.49. The van der Waals surface area contributed by atoms with Crippen LogP contribution in [-0.4, -0.2) is 11.2 Å². The zero-order valence-electron chi connectivity index (χ0n) is 5.95. The normalized spacial score (nSPS) is 30.5. The van der Waals surface area contributed by atoms with Crippen LogP contribution in [0, 0.1) is 0 Å². The van der Waals surface area contributed by atoms with Gasteiger partial charge in [0.2, 0.25) is 0 Å². The number of ether oxygens (including phenoxy) is 1. The van der Waals surface area contributed by atoms with E-state index in [1.54, 1.807) is 6.07 Å². The lowest BCUT2D eigenvalue weighted by atomic mass is 10.1. The van der Waals surface area contributed by atoms with E-state index in [0.717, 1.165) is 12.2 Å². The van der Waals surface area contributed by atoms with Crippen LogP contribution < -0.4 is 4.74 Å². The number of benzene rings is 1. The molecule has 1 N–H and O–H groups in total. The maximum Gasteiger partial charge on any atom is 0.123 e. The minimum Gasteiger partial charge on any atom is -0.508 e. The van der Waals surface area contributed by atoms with Crippen molar-refractivity contribution in [2.45, 2.75) is 18.4 Å². The molecule has 1 aromatic rings. The van der Waals surface area contributed by atoms with Crippen LogP contribution in [0.15, 0.2) is 18.2 Å². The Morgan fingerprint density at radius 3 is 3.27 bits per heavy atom. The molecule has 1 fully saturated rings. The van der Waals surface area contributed by atoms with Gasteiger partial charge in [-0.2, -0.15) is 0 Å². The highest BCUT2D eigenvalue weighted by atomic mass is 16.5. The quantitative estimate of drug-likeness (QED) is 0.606. The first-order chi connectivity index (χ1) is 5.34. The summed E-state index contributed by atoms with van der Waals surface area (Å²) in [7, 11) is 0. The number of rotatable bonds is 0. The van der Waals surface area contributed by atoms with Crippen molar-refractivity contribution in [2.24, 2.45) is 0 Å². The Labute approximate surface area is 64.4 Å². The van der Waals surface area contributed by atoms with E-state index in [-0.39, 0.29) is 0 Å². The zero-order valence-corrected chi connectivity index (χ0v) is 5.95. The lowest BCUT2D eigenvalue weighted by Crippen LogP contribution is -1.90. The van der Waals surface area contributed by atoms with Gasteiger partial charge in [0, 0.05) is 11.5 Å². The van der Waals surface area contributed by atoms with Crippen molar-refractivity contribution in [3.63, 3.8) is 0 Å². The average molecular weight is 148 g/mol. The molecule has 56 valence electrons. The summed E-state index contributed by atoms with van der Waals surface area (Å²) < 4.78 is 5.52. The fourth-order valence-electron chi connectivity index (χ4n) is 1.73. The number of phenols is 1. The molecule has 1 aliphatic heterocycles. The van der Waals surface area contributed by atoms with Crippen molar-refractivity contribution < 1.29 is 9.84 Å². The Morgan fingerprint density at radius 1 is 1.45 bits per heavy atom. The Kier molecular flexibility index (Phi) is 0.757. The van der Waals surface area contributed by atoms with E-state index in [9.17, 15) is 5.11 Å². The van der Waals surface area contributed by atoms with E-state index in [4.69, 9.17) is 4.74 Å². The predicted octanol–water partition coefficient (Wildman–Crippen LogP) is 1.64. The Bertz CT molecular complexity index is 319. The van der Waals surface area contributed by atoms with E-state index >= 15 is 0 Å². The van der Waals surface area contributed by atoms with Gasteiger partial charge in [-0.1, -0.05) is 0 Å². The highest BCUT2D eigenvalue weighted by Gasteiger charge is 2.47. The molecule has 2 nitrogen and oxygen atoms in total. The Balaban J connectivity index is 2.20. The van der Waals surface area contributed by atoms with E-state index in [1.807, 2.05) is 12.1 Å². The second-order valence-electron chi connectivity index (χ2n) is 3.22. The summed E-state index contributed by atoms with van der Waals surface area (Å²) in [6, 6.07) is 5.33. The van der Waals surface area contributed by atoms with E-state index in [2.05, 4.69) is 0 Å². The minimum absolute atomic E-state index is 0.347. The number of hydrogen-bond acceptors (Lipinski definition) is 2. The smallest absolute Gasteiger partial charge is 0.123 e. The van der Waals surface area contributed by atoms with Crippen LogP contribution in [-0.2, 0) is 0 Å². The number of hydrogen-bond donors (Lipinski definition) is 1. The monoisotopic (exact) mass is 148 g/mol. The number of aromatic hydroxyl groups is 1. The molecular formula is C9H8O2. The topological polar surface area (TPSA) is 29.5 Å². The first-order valence-electron chi connectivity index (χ1n) is 3.84. The second kappa shape index (κ2) is 1.52. The summed E-state index contributed by atoms with van der Waals surface area (Å²) in [5.41, 5.74) is 1.19. The molecule has 1 aromatic carbocycles. The molecule has 11 heavy (non-hydrogen) atoms. The maximum absolute atomic E-state index is 9.18. The van der Waals surface area contributed by atoms with Gasteiger partial charge in [0.15, 0.2) is 0 Å². The summed E-state index contributed by atoms with van der Waals surface area (Å²) in [6.07, 6.45) is 1.56. The molecule has 1 aliphatic carbocycles. The molecule has 0 radical (unpaired) electrons. The van der Waals surface area contributed by atoms with Crippen LogP contribution in [0.1, 0.15) is 17.9 Å². The second-order valence-corrected chi connectivity index (χ2v) is 3.22. The fourth-order valence-corrected chi connectivity index (χ4v) is 1.73. The molecule has 0 amide bonds. The molecule has 2 aliphatic rings. The Hall–Kier alpha value is -1.18. The van der Waals surface area contributed by atoms with Crippen LogP contribution in [0.5, 0.6) is 11.5 Å². The first-order valence-corrected chi connectivity index (χ1v) is 3.84. The van der Waals surface area contributed by atoms with Gasteiger partial charge in [-0.05, 0) is 24.6 Å². The third-order valence-corrected chi connectivity index (χ3v) is 2.40. The molecule has 1 saturated carbocycles. The first kappa shape index (κ1) is 5.47. The third kappa shape index (κ3) is 0.615. The standard InChI is InChI=1S/C9H8O2/c10-5-1-2-8-6(3-5)7-4-9(7)11-8/h1-3,7,9-10H,4H2/t7-,9-/m1/s1. The lowest BCUT2D eigenvalue weighted by molar-refractivity contribution is 0.318. The van der Waals surface area contributed by atoms with Gasteiger partial charge in [-0.15, -0.1) is 0 Å². The van der Waals surface area contributed by atoms with Gasteiger partial charge < -0.3 is 9.84 Å². The Morgan fingerprint density at radius 2 is 2.36 bits per heavy atom. The van der Waals surface area contributed by atoms with Gasteiger partial charge in [-0.25, -0.2) is 0 Å². The SMILES string of the molecule is Oc1ccc2c(c1)[C@H]1C[C@H]1O2. The van der Waals surface area contributed by atoms with Crippen LogP contribution >= 0.6 is 0 Å². The molecule has 0 saturated heterocycles. The lowest BCUT2D eigenvalue weighted by Gasteiger charge is -2.01. The predicted molar refractivity (Wildman–Crippen MR) is 39.9 cm³/mol. The molecule has 2 atom stereocenters. The van der Waals surface area contributed by atoms with Gasteiger partial charge >= 0.3 is 0 Å². The summed E-state index contributed by atoms with van der Waals surface area (Å²) >= 11 is 0. The van der Waals surface area contributed by atoms with E-state index < -0.39 is 0 Å². The molecule has 3 rings (SSSR count). The summed E-state index contributed by atoms with van der Waals surface area (Å²) in [5, 5.41) is 9.18. The van der Waals surface area contributed by atoms with E-state index in [0.29, 0.717) is 17.8 Å². The average Bonchev–Trinajstić information content (AvgIpc) is 2.67. The van der Waals surface area contributed by atoms with Crippen molar-refractivity contribution in [1.82, 2.24) is 0 Å². The molecule has 0 bridgehead atoms. The van der Waals surface area contributed by atoms with Gasteiger partial charge in [0.05, 0.1) is 0 Å². The number of phenolic OH excluding ortho intramolecular Hbond substituents is 1. The van der Waals surface area contributed by atoms with Gasteiger partial charge in [0.1, 0.15) is 17.6 Å². The van der Waals surface area contributed by atoms with E-state index in [1.165, 1.54) is 5.56 Å². The fraction of sp³-hybridized carbons (Fsp3) is 0.333. The molecule has 2 heteroatoms. The summed E-state index contributed by atoms with van der Waals surface area (Å²) in [6.45, 7) is 0. The van der Waals surface area contributed by atoms with Crippen molar-refractivity contribution >= 4 is 0 Å². The zero-order chi connectivity index (χ0) is 7.42. The summed E-state index contributed by atoms with van der Waals surface area (Å²) in [4.78, 5) is 0. The highest BCUT2D eigenvalue weighted by Crippen LogP contribution is 2.53.